The Balaban J connectivity index is 1.44. The highest BCUT2D eigenvalue weighted by molar-refractivity contribution is 7.85. The molecule has 0 bridgehead atoms. The Morgan fingerprint density at radius 1 is 1.03 bits per heavy atom. The number of anilines is 2. The molecule has 0 aliphatic rings. The van der Waals surface area contributed by atoms with Crippen LogP contribution < -0.4 is 15.8 Å². The summed E-state index contributed by atoms with van der Waals surface area (Å²) in [5.74, 6) is -0.928. The molecule has 3 N–H and O–H groups in total. The van der Waals surface area contributed by atoms with Gasteiger partial charge in [-0.1, -0.05) is 23.7 Å². The summed E-state index contributed by atoms with van der Waals surface area (Å²) in [6, 6.07) is 19.8. The number of nitrogens with two attached hydrogens (primary N) is 1. The second-order valence-electron chi connectivity index (χ2n) is 7.43. The first-order valence-electron chi connectivity index (χ1n) is 10.3. The quantitative estimate of drug-likeness (QED) is 0.313. The number of nitrogens with one attached hydrogen (secondary N) is 1. The lowest BCUT2D eigenvalue weighted by Gasteiger charge is -2.11. The first kappa shape index (κ1) is 25.3. The highest BCUT2D eigenvalue weighted by Crippen LogP contribution is 2.33. The highest BCUT2D eigenvalue weighted by atomic mass is 35.5. The van der Waals surface area contributed by atoms with Crippen molar-refractivity contribution in [2.75, 3.05) is 17.7 Å². The normalized spacial score (nSPS) is 12.2. The zero-order valence-electron chi connectivity index (χ0n) is 18.3. The van der Waals surface area contributed by atoms with E-state index in [0.717, 1.165) is 4.68 Å². The Kier molecular flexibility index (Phi) is 7.32. The van der Waals surface area contributed by atoms with Gasteiger partial charge in [-0.2, -0.15) is 23.0 Å². The summed E-state index contributed by atoms with van der Waals surface area (Å²) in [6.45, 7) is -0.591. The van der Waals surface area contributed by atoms with Crippen LogP contribution in [0, 0.1) is 0 Å². The molecule has 0 fully saturated rings. The predicted molar refractivity (Wildman–Crippen MR) is 130 cm³/mol. The molecule has 1 unspecified atom stereocenters. The average molecular weight is 535 g/mol. The smallest absolute Gasteiger partial charge is 0.435 e. The molecule has 0 spiro atoms. The van der Waals surface area contributed by atoms with Crippen molar-refractivity contribution < 1.29 is 26.9 Å². The molecular formula is C24H18ClF3N4O3S. The maximum absolute atomic E-state index is 13.2. The van der Waals surface area contributed by atoms with E-state index < -0.39 is 35.2 Å². The van der Waals surface area contributed by atoms with Gasteiger partial charge in [-0.15, -0.1) is 0 Å². The number of benzene rings is 3. The fraction of sp³-hybridized carbons (Fsp3) is 0.0833. The Morgan fingerprint density at radius 2 is 1.64 bits per heavy atom. The van der Waals surface area contributed by atoms with Crippen LogP contribution in [0.1, 0.15) is 5.69 Å². The van der Waals surface area contributed by atoms with Gasteiger partial charge >= 0.3 is 6.18 Å². The Labute approximate surface area is 211 Å². The van der Waals surface area contributed by atoms with Gasteiger partial charge in [0, 0.05) is 27.2 Å². The fourth-order valence-electron chi connectivity index (χ4n) is 3.13. The first-order valence-corrected chi connectivity index (χ1v) is 11.9. The number of carbonyl (C=O) groups excluding carboxylic acids is 1. The first-order chi connectivity index (χ1) is 17.1. The number of halogens is 4. The molecule has 1 aromatic heterocycles. The number of para-hydroxylation sites is 1. The predicted octanol–water partition coefficient (Wildman–Crippen LogP) is 5.31. The van der Waals surface area contributed by atoms with E-state index in [1.165, 1.54) is 12.1 Å². The number of amides is 1. The molecule has 1 atom stereocenters. The van der Waals surface area contributed by atoms with Crippen LogP contribution in [0.4, 0.5) is 24.5 Å². The second-order valence-corrected chi connectivity index (χ2v) is 9.32. The molecule has 3 aromatic carbocycles. The summed E-state index contributed by atoms with van der Waals surface area (Å²) in [5, 5.41) is 6.27. The number of hydrogen-bond acceptors (Lipinski definition) is 5. The van der Waals surface area contributed by atoms with E-state index >= 15 is 0 Å². The Morgan fingerprint density at radius 3 is 2.25 bits per heavy atom. The maximum Gasteiger partial charge on any atom is 0.435 e. The third kappa shape index (κ3) is 5.86. The van der Waals surface area contributed by atoms with Crippen LogP contribution in [0.3, 0.4) is 0 Å². The van der Waals surface area contributed by atoms with Gasteiger partial charge < -0.3 is 15.8 Å². The molecule has 4 aromatic rings. The van der Waals surface area contributed by atoms with Crippen molar-refractivity contribution in [2.24, 2.45) is 0 Å². The molecular weight excluding hydrogens is 517 g/mol. The van der Waals surface area contributed by atoms with E-state index in [4.69, 9.17) is 22.1 Å². The molecule has 0 aliphatic heterocycles. The largest absolute Gasteiger partial charge is 0.467 e. The van der Waals surface area contributed by atoms with Gasteiger partial charge in [-0.25, -0.2) is 4.21 Å². The van der Waals surface area contributed by atoms with Crippen molar-refractivity contribution in [1.82, 2.24) is 9.78 Å². The van der Waals surface area contributed by atoms with Crippen molar-refractivity contribution in [3.8, 4) is 11.6 Å². The van der Waals surface area contributed by atoms with Crippen LogP contribution in [0.5, 0.6) is 5.88 Å². The van der Waals surface area contributed by atoms with E-state index in [0.29, 0.717) is 27.2 Å². The molecule has 1 heterocycles. The summed E-state index contributed by atoms with van der Waals surface area (Å²) in [6.07, 6.45) is -4.72. The number of nitrogens with zero attached hydrogens (tertiary/aromatic N) is 2. The average Bonchev–Trinajstić information content (AvgIpc) is 3.28. The van der Waals surface area contributed by atoms with E-state index in [1.54, 1.807) is 60.7 Å². The molecule has 0 radical (unpaired) electrons. The van der Waals surface area contributed by atoms with Crippen LogP contribution in [0.15, 0.2) is 88.7 Å². The van der Waals surface area contributed by atoms with Crippen LogP contribution >= 0.6 is 11.6 Å². The molecule has 36 heavy (non-hydrogen) atoms. The van der Waals surface area contributed by atoms with Gasteiger partial charge in [0.15, 0.2) is 12.3 Å². The van der Waals surface area contributed by atoms with Crippen molar-refractivity contribution in [3.05, 3.63) is 89.6 Å². The number of nitrogen functional groups attached to an aromatic ring is 1. The van der Waals surface area contributed by atoms with Gasteiger partial charge in [0.1, 0.15) is 0 Å². The maximum atomic E-state index is 13.2. The van der Waals surface area contributed by atoms with E-state index in [1.807, 2.05) is 0 Å². The SMILES string of the molecule is Nc1ccc(S(=O)c2ccc(NC(=O)COc3cc(C(F)(F)F)nn3-c3ccccc3Cl)cc2)cc1. The topological polar surface area (TPSA) is 99.2 Å². The Bertz CT molecular complexity index is 1410. The number of aromatic nitrogens is 2. The van der Waals surface area contributed by atoms with Crippen LogP contribution in [-0.2, 0) is 21.8 Å². The standard InChI is InChI=1S/C24H18ClF3N4O3S/c25-19-3-1-2-4-20(19)32-23(13-21(31-32)24(26,27)28)35-14-22(33)30-16-7-11-18(12-8-16)36(34)17-9-5-15(29)6-10-17/h1-13H,14,29H2,(H,30,33). The fourth-order valence-corrected chi connectivity index (χ4v) is 4.38. The summed E-state index contributed by atoms with van der Waals surface area (Å²) in [7, 11) is -1.44. The van der Waals surface area contributed by atoms with Crippen molar-refractivity contribution in [2.45, 2.75) is 16.0 Å². The van der Waals surface area contributed by atoms with Crippen molar-refractivity contribution in [1.29, 1.82) is 0 Å². The zero-order chi connectivity index (χ0) is 25.9. The number of alkyl halides is 3. The monoisotopic (exact) mass is 534 g/mol. The highest BCUT2D eigenvalue weighted by Gasteiger charge is 2.36. The van der Waals surface area contributed by atoms with E-state index in [-0.39, 0.29) is 16.6 Å². The lowest BCUT2D eigenvalue weighted by molar-refractivity contribution is -0.141. The molecule has 0 aliphatic carbocycles. The minimum atomic E-state index is -4.72. The van der Waals surface area contributed by atoms with Gasteiger partial charge in [-0.3, -0.25) is 4.79 Å². The molecule has 186 valence electrons. The minimum Gasteiger partial charge on any atom is -0.467 e. The molecule has 12 heteroatoms. The summed E-state index contributed by atoms with van der Waals surface area (Å²) >= 11 is 6.10. The van der Waals surface area contributed by atoms with Crippen LogP contribution in [-0.4, -0.2) is 26.5 Å². The zero-order valence-corrected chi connectivity index (χ0v) is 19.9. The molecule has 0 saturated carbocycles. The molecule has 0 saturated heterocycles. The number of ether oxygens (including phenoxy) is 1. The van der Waals surface area contributed by atoms with E-state index in [2.05, 4.69) is 10.4 Å². The van der Waals surface area contributed by atoms with Crippen molar-refractivity contribution >= 4 is 39.7 Å². The van der Waals surface area contributed by atoms with Crippen molar-refractivity contribution in [3.63, 3.8) is 0 Å². The lowest BCUT2D eigenvalue weighted by Crippen LogP contribution is -2.21. The molecule has 4 rings (SSSR count). The minimum absolute atomic E-state index is 0.153. The Hall–Kier alpha value is -3.83. The molecule has 7 nitrogen and oxygen atoms in total. The number of hydrogen-bond donors (Lipinski definition) is 2. The summed E-state index contributed by atoms with van der Waals surface area (Å²) < 4.78 is 58.6. The lowest BCUT2D eigenvalue weighted by atomic mass is 10.3. The van der Waals surface area contributed by atoms with Gasteiger partial charge in [-0.05, 0) is 60.7 Å². The van der Waals surface area contributed by atoms with Gasteiger partial charge in [0.05, 0.1) is 21.5 Å². The third-order valence-corrected chi connectivity index (χ3v) is 6.57. The van der Waals surface area contributed by atoms with Crippen LogP contribution in [0.25, 0.3) is 5.69 Å². The second kappa shape index (κ2) is 10.4. The van der Waals surface area contributed by atoms with Gasteiger partial charge in [0.2, 0.25) is 5.88 Å². The van der Waals surface area contributed by atoms with Gasteiger partial charge in [0.25, 0.3) is 5.91 Å². The van der Waals surface area contributed by atoms with E-state index in [9.17, 15) is 22.2 Å². The third-order valence-electron chi connectivity index (χ3n) is 4.85. The number of rotatable bonds is 7. The number of carbonyl (C=O) groups is 1. The summed E-state index contributed by atoms with van der Waals surface area (Å²) in [4.78, 5) is 13.5. The summed E-state index contributed by atoms with van der Waals surface area (Å²) in [5.41, 5.74) is 5.56. The molecule has 1 amide bonds. The van der Waals surface area contributed by atoms with Crippen LogP contribution in [0.2, 0.25) is 5.02 Å².